The number of nitrogens with zero attached hydrogens (tertiary/aromatic N) is 3. The van der Waals surface area contributed by atoms with Crippen molar-refractivity contribution in [2.24, 2.45) is 0 Å². The molecular formula is C25H24F2N4O3. The molecule has 0 unspecified atom stereocenters. The lowest BCUT2D eigenvalue weighted by atomic mass is 10.1. The molecule has 3 aromatic rings. The third-order valence-corrected chi connectivity index (χ3v) is 5.69. The van der Waals surface area contributed by atoms with E-state index in [4.69, 9.17) is 0 Å². The van der Waals surface area contributed by atoms with Crippen LogP contribution in [0.3, 0.4) is 0 Å². The zero-order valence-electron chi connectivity index (χ0n) is 18.8. The van der Waals surface area contributed by atoms with Gasteiger partial charge in [-0.3, -0.25) is 19.1 Å². The summed E-state index contributed by atoms with van der Waals surface area (Å²) in [7, 11) is 0. The van der Waals surface area contributed by atoms with Gasteiger partial charge in [0.1, 0.15) is 24.2 Å². The van der Waals surface area contributed by atoms with E-state index in [0.29, 0.717) is 16.5 Å². The van der Waals surface area contributed by atoms with Gasteiger partial charge >= 0.3 is 0 Å². The Morgan fingerprint density at radius 3 is 2.71 bits per heavy atom. The van der Waals surface area contributed by atoms with Gasteiger partial charge in [-0.2, -0.15) is 5.10 Å². The normalized spacial score (nSPS) is 16.9. The summed E-state index contributed by atoms with van der Waals surface area (Å²) in [5.74, 6) is -1.67. The number of alkyl halides is 1. The molecule has 1 N–H and O–H groups in total. The Morgan fingerprint density at radius 2 is 1.97 bits per heavy atom. The van der Waals surface area contributed by atoms with Gasteiger partial charge in [-0.05, 0) is 25.1 Å². The van der Waals surface area contributed by atoms with Crippen molar-refractivity contribution in [2.45, 2.75) is 39.5 Å². The first-order valence-electron chi connectivity index (χ1n) is 10.9. The zero-order valence-corrected chi connectivity index (χ0v) is 18.8. The van der Waals surface area contributed by atoms with Crippen LogP contribution >= 0.6 is 0 Å². The van der Waals surface area contributed by atoms with Crippen molar-refractivity contribution in [3.8, 4) is 0 Å². The maximum Gasteiger partial charge on any atom is 0.248 e. The van der Waals surface area contributed by atoms with Crippen LogP contribution in [0.2, 0.25) is 0 Å². The summed E-state index contributed by atoms with van der Waals surface area (Å²) in [6.45, 7) is 2.88. The Bertz CT molecular complexity index is 1310. The van der Waals surface area contributed by atoms with E-state index in [1.54, 1.807) is 24.3 Å². The third-order valence-electron chi connectivity index (χ3n) is 5.69. The van der Waals surface area contributed by atoms with Crippen LogP contribution in [0.5, 0.6) is 0 Å². The van der Waals surface area contributed by atoms with E-state index in [2.05, 4.69) is 10.4 Å². The number of carbonyl (C=O) groups excluding carboxylic acids is 3. The number of fused-ring (bicyclic) bond motifs is 1. The molecular weight excluding hydrogens is 442 g/mol. The van der Waals surface area contributed by atoms with Crippen molar-refractivity contribution in [2.75, 3.05) is 6.54 Å². The molecule has 0 aliphatic carbocycles. The van der Waals surface area contributed by atoms with Gasteiger partial charge in [-0.15, -0.1) is 0 Å². The number of likely N-dealkylation sites (tertiary alicyclic amines) is 1. The van der Waals surface area contributed by atoms with E-state index in [1.165, 1.54) is 28.6 Å². The van der Waals surface area contributed by atoms with Crippen LogP contribution in [0.25, 0.3) is 10.9 Å². The number of benzene rings is 2. The zero-order chi connectivity index (χ0) is 24.4. The highest BCUT2D eigenvalue weighted by molar-refractivity contribution is 6.05. The average molecular weight is 466 g/mol. The van der Waals surface area contributed by atoms with Crippen LogP contribution in [-0.4, -0.2) is 45.0 Å². The minimum absolute atomic E-state index is 0.0329. The summed E-state index contributed by atoms with van der Waals surface area (Å²) < 4.78 is 29.4. The first-order chi connectivity index (χ1) is 16.2. The molecule has 1 aliphatic heterocycles. The monoisotopic (exact) mass is 466 g/mol. The molecule has 4 rings (SSSR count). The second kappa shape index (κ2) is 9.54. The summed E-state index contributed by atoms with van der Waals surface area (Å²) in [6, 6.07) is 11.5. The Morgan fingerprint density at radius 1 is 1.21 bits per heavy atom. The quantitative estimate of drug-likeness (QED) is 0.446. The van der Waals surface area contributed by atoms with Gasteiger partial charge in [-0.25, -0.2) is 8.78 Å². The molecule has 0 radical (unpaired) electrons. The van der Waals surface area contributed by atoms with E-state index in [9.17, 15) is 23.2 Å². The number of amides is 2. The number of allylic oxidation sites excluding steroid dienone is 1. The first-order valence-corrected chi connectivity index (χ1v) is 10.9. The van der Waals surface area contributed by atoms with Gasteiger partial charge in [0.2, 0.25) is 11.8 Å². The standard InChI is InChI=1S/C25H24F2N4O3/c1-15-7-8-22-20(9-15)25(16(2)32)29-31(22)14-24(34)30-13-18(26)10-19(30)11-23(33)28-12-17-5-3-4-6-21(17)27/h3-9,11,18H,10,12-14H2,1-2H3,(H,28,33)/b19-11+/t18-/m1/s1. The number of halogens is 2. The van der Waals surface area contributed by atoms with E-state index in [0.717, 1.165) is 5.56 Å². The van der Waals surface area contributed by atoms with Crippen LogP contribution in [0.15, 0.2) is 54.2 Å². The van der Waals surface area contributed by atoms with Gasteiger partial charge in [0.25, 0.3) is 0 Å². The summed E-state index contributed by atoms with van der Waals surface area (Å²) in [6.07, 6.45) is -0.222. The minimum Gasteiger partial charge on any atom is -0.348 e. The molecule has 0 spiro atoms. The molecule has 7 nitrogen and oxygen atoms in total. The lowest BCUT2D eigenvalue weighted by Gasteiger charge is -2.18. The summed E-state index contributed by atoms with van der Waals surface area (Å²) in [4.78, 5) is 38.7. The maximum absolute atomic E-state index is 14.2. The SMILES string of the molecule is CC(=O)c1nn(CC(=O)N2C[C@H](F)C/C2=C\C(=O)NCc2ccccc2F)c2ccc(C)cc12. The number of nitrogens with one attached hydrogen (secondary N) is 1. The fraction of sp³-hybridized carbons (Fsp3) is 0.280. The summed E-state index contributed by atoms with van der Waals surface area (Å²) in [5.41, 5.74) is 2.39. The van der Waals surface area contributed by atoms with Gasteiger partial charge in [-0.1, -0.05) is 29.8 Å². The molecule has 2 amide bonds. The molecule has 176 valence electrons. The molecule has 9 heteroatoms. The second-order valence-corrected chi connectivity index (χ2v) is 8.33. The highest BCUT2D eigenvalue weighted by Gasteiger charge is 2.32. The smallest absolute Gasteiger partial charge is 0.248 e. The molecule has 1 fully saturated rings. The molecule has 1 atom stereocenters. The number of ketones is 1. The highest BCUT2D eigenvalue weighted by Crippen LogP contribution is 2.26. The van der Waals surface area contributed by atoms with Crippen LogP contribution in [0.1, 0.15) is 35.0 Å². The van der Waals surface area contributed by atoms with Crippen molar-refractivity contribution < 1.29 is 23.2 Å². The second-order valence-electron chi connectivity index (χ2n) is 8.33. The lowest BCUT2D eigenvalue weighted by molar-refractivity contribution is -0.129. The first kappa shape index (κ1) is 23.3. The van der Waals surface area contributed by atoms with Crippen LogP contribution < -0.4 is 5.32 Å². The van der Waals surface area contributed by atoms with E-state index >= 15 is 0 Å². The topological polar surface area (TPSA) is 84.3 Å². The van der Waals surface area contributed by atoms with E-state index in [1.807, 2.05) is 19.1 Å². The number of hydrogen-bond donors (Lipinski definition) is 1. The largest absolute Gasteiger partial charge is 0.348 e. The fourth-order valence-electron chi connectivity index (χ4n) is 4.03. The van der Waals surface area contributed by atoms with Crippen LogP contribution in [0, 0.1) is 12.7 Å². The average Bonchev–Trinajstić information content (AvgIpc) is 3.33. The van der Waals surface area contributed by atoms with Crippen LogP contribution in [0.4, 0.5) is 8.78 Å². The molecule has 1 saturated heterocycles. The lowest BCUT2D eigenvalue weighted by Crippen LogP contribution is -2.32. The van der Waals surface area contributed by atoms with Crippen molar-refractivity contribution in [1.82, 2.24) is 20.0 Å². The molecule has 0 bridgehead atoms. The molecule has 2 aromatic carbocycles. The highest BCUT2D eigenvalue weighted by atomic mass is 19.1. The van der Waals surface area contributed by atoms with Crippen molar-refractivity contribution in [3.63, 3.8) is 0 Å². The minimum atomic E-state index is -1.31. The fourth-order valence-corrected chi connectivity index (χ4v) is 4.03. The van der Waals surface area contributed by atoms with Gasteiger partial charge in [0.05, 0.1) is 12.1 Å². The number of hydrogen-bond acceptors (Lipinski definition) is 4. The summed E-state index contributed by atoms with van der Waals surface area (Å²) >= 11 is 0. The molecule has 2 heterocycles. The molecule has 34 heavy (non-hydrogen) atoms. The Hall–Kier alpha value is -3.88. The third kappa shape index (κ3) is 4.88. The van der Waals surface area contributed by atoms with E-state index < -0.39 is 23.8 Å². The predicted octanol–water partition coefficient (Wildman–Crippen LogP) is 3.46. The maximum atomic E-state index is 14.2. The Balaban J connectivity index is 1.51. The number of carbonyl (C=O) groups is 3. The molecule has 1 aliphatic rings. The van der Waals surface area contributed by atoms with Gasteiger partial charge in [0.15, 0.2) is 5.78 Å². The molecule has 1 aromatic heterocycles. The number of aryl methyl sites for hydroxylation is 1. The van der Waals surface area contributed by atoms with Crippen LogP contribution in [-0.2, 0) is 22.7 Å². The van der Waals surface area contributed by atoms with Crippen molar-refractivity contribution in [1.29, 1.82) is 0 Å². The van der Waals surface area contributed by atoms with Crippen molar-refractivity contribution in [3.05, 3.63) is 76.9 Å². The number of rotatable bonds is 6. The Labute approximate surface area is 195 Å². The predicted molar refractivity (Wildman–Crippen MR) is 122 cm³/mol. The van der Waals surface area contributed by atoms with Crippen molar-refractivity contribution >= 4 is 28.5 Å². The number of Topliss-reactive ketones (excluding diaryl/α,β-unsaturated/α-hetero) is 1. The van der Waals surface area contributed by atoms with Gasteiger partial charge in [0, 0.05) is 42.6 Å². The summed E-state index contributed by atoms with van der Waals surface area (Å²) in [5, 5.41) is 7.52. The number of aromatic nitrogens is 2. The Kier molecular flexibility index (Phi) is 6.54. The van der Waals surface area contributed by atoms with Gasteiger partial charge < -0.3 is 10.2 Å². The van der Waals surface area contributed by atoms with E-state index in [-0.39, 0.29) is 43.2 Å². The molecule has 0 saturated carbocycles.